The van der Waals surface area contributed by atoms with Gasteiger partial charge in [0, 0.05) is 11.6 Å². The molecule has 0 spiro atoms. The highest BCUT2D eigenvalue weighted by Crippen LogP contribution is 2.53. The van der Waals surface area contributed by atoms with Gasteiger partial charge in [-0.2, -0.15) is 22.7 Å². The highest BCUT2D eigenvalue weighted by molar-refractivity contribution is 7.80. The molecule has 1 saturated carbocycles. The quantitative estimate of drug-likeness (QED) is 0.313. The fourth-order valence-electron chi connectivity index (χ4n) is 2.09. The minimum Gasteiger partial charge on any atom is -0.376 e. The standard InChI is InChI=1S/C9H11Cl2F4N3OS/c10-8(12,13)7(19,9(11,14)15)4-2-1-3-5(4)17-18-6(16)20/h4,19H,1-3H2,(H3,16,18,20)/b17-5-/t4-/m1/s1. The molecule has 0 bridgehead atoms. The Bertz CT molecular complexity index is 410. The Balaban J connectivity index is 3.21. The summed E-state index contributed by atoms with van der Waals surface area (Å²) >= 11 is 13.8. The Morgan fingerprint density at radius 2 is 1.85 bits per heavy atom. The van der Waals surface area contributed by atoms with Gasteiger partial charge in [0.2, 0.25) is 5.60 Å². The molecule has 11 heteroatoms. The Hall–Kier alpha value is -0.380. The molecule has 0 aromatic heterocycles. The van der Waals surface area contributed by atoms with E-state index >= 15 is 0 Å². The van der Waals surface area contributed by atoms with Crippen LogP contribution in [0.2, 0.25) is 0 Å². The molecule has 4 nitrogen and oxygen atoms in total. The van der Waals surface area contributed by atoms with Crippen LogP contribution in [0.25, 0.3) is 0 Å². The van der Waals surface area contributed by atoms with Crippen LogP contribution < -0.4 is 11.2 Å². The van der Waals surface area contributed by atoms with Gasteiger partial charge in [-0.15, -0.1) is 0 Å². The Morgan fingerprint density at radius 1 is 1.35 bits per heavy atom. The van der Waals surface area contributed by atoms with Crippen molar-refractivity contribution in [3.05, 3.63) is 0 Å². The molecule has 0 aromatic carbocycles. The normalized spacial score (nSPS) is 23.1. The van der Waals surface area contributed by atoms with Gasteiger partial charge in [0.25, 0.3) is 0 Å². The van der Waals surface area contributed by atoms with Crippen molar-refractivity contribution in [1.29, 1.82) is 0 Å². The predicted molar refractivity (Wildman–Crippen MR) is 71.2 cm³/mol. The Morgan fingerprint density at radius 3 is 2.25 bits per heavy atom. The largest absolute Gasteiger partial charge is 0.376 e. The first kappa shape index (κ1) is 17.7. The smallest absolute Gasteiger partial charge is 0.357 e. The third kappa shape index (κ3) is 3.26. The molecule has 0 heterocycles. The third-order valence-electron chi connectivity index (χ3n) is 3.01. The van der Waals surface area contributed by atoms with Crippen LogP contribution >= 0.6 is 35.4 Å². The van der Waals surface area contributed by atoms with Crippen LogP contribution in [0.4, 0.5) is 17.6 Å². The number of nitrogens with two attached hydrogens (primary N) is 1. The molecular formula is C9H11Cl2F4N3OS. The summed E-state index contributed by atoms with van der Waals surface area (Å²) in [4.78, 5) is 0. The lowest BCUT2D eigenvalue weighted by Gasteiger charge is -2.39. The monoisotopic (exact) mass is 355 g/mol. The number of hydrogen-bond donors (Lipinski definition) is 3. The van der Waals surface area contributed by atoms with Crippen molar-refractivity contribution in [1.82, 2.24) is 5.43 Å². The minimum atomic E-state index is -4.66. The second-order valence-electron chi connectivity index (χ2n) is 4.29. The van der Waals surface area contributed by atoms with Crippen LogP contribution in [0.1, 0.15) is 19.3 Å². The molecule has 1 atom stereocenters. The summed E-state index contributed by atoms with van der Waals surface area (Å²) in [5, 5.41) is 3.75. The average molecular weight is 356 g/mol. The van der Waals surface area contributed by atoms with Gasteiger partial charge in [-0.3, -0.25) is 5.43 Å². The van der Waals surface area contributed by atoms with E-state index in [0.29, 0.717) is 0 Å². The molecule has 0 aliphatic heterocycles. The van der Waals surface area contributed by atoms with Crippen molar-refractivity contribution in [2.45, 2.75) is 35.6 Å². The predicted octanol–water partition coefficient (Wildman–Crippen LogP) is 2.37. The van der Waals surface area contributed by atoms with Gasteiger partial charge < -0.3 is 10.8 Å². The van der Waals surface area contributed by atoms with Crippen molar-refractivity contribution in [3.8, 4) is 0 Å². The van der Waals surface area contributed by atoms with Crippen LogP contribution in [-0.4, -0.2) is 32.3 Å². The molecule has 1 rings (SSSR count). The average Bonchev–Trinajstić information content (AvgIpc) is 2.70. The molecule has 0 saturated heterocycles. The fourth-order valence-corrected chi connectivity index (χ4v) is 2.69. The second kappa shape index (κ2) is 5.78. The molecule has 0 amide bonds. The molecule has 1 aliphatic carbocycles. The zero-order valence-corrected chi connectivity index (χ0v) is 12.2. The van der Waals surface area contributed by atoms with Crippen molar-refractivity contribution < 1.29 is 22.7 Å². The fraction of sp³-hybridized carbons (Fsp3) is 0.778. The number of hydrazone groups is 1. The molecule has 0 radical (unpaired) electrons. The van der Waals surface area contributed by atoms with Crippen LogP contribution in [-0.2, 0) is 0 Å². The number of alkyl halides is 6. The second-order valence-corrected chi connectivity index (χ2v) is 5.68. The first-order chi connectivity index (χ1) is 8.91. The summed E-state index contributed by atoms with van der Waals surface area (Å²) in [6.45, 7) is 0. The number of aliphatic hydroxyl groups is 1. The Labute approximate surface area is 127 Å². The summed E-state index contributed by atoms with van der Waals surface area (Å²) in [5.41, 5.74) is 3.07. The number of thiocarbonyl (C=S) groups is 1. The SMILES string of the molecule is NC(=S)N/N=C1/CCC[C@H]1C(O)(C(F)(F)Cl)C(F)(F)Cl. The number of rotatable bonds is 4. The first-order valence-electron chi connectivity index (χ1n) is 5.39. The lowest BCUT2D eigenvalue weighted by atomic mass is 9.85. The summed E-state index contributed by atoms with van der Waals surface area (Å²) in [5.74, 6) is -1.73. The lowest BCUT2D eigenvalue weighted by molar-refractivity contribution is -0.232. The van der Waals surface area contributed by atoms with Crippen LogP contribution in [0.5, 0.6) is 0 Å². The maximum atomic E-state index is 13.3. The van der Waals surface area contributed by atoms with E-state index in [1.165, 1.54) is 0 Å². The summed E-state index contributed by atoms with van der Waals surface area (Å²) in [6.07, 6.45) is 0.173. The van der Waals surface area contributed by atoms with Crippen molar-refractivity contribution in [3.63, 3.8) is 0 Å². The van der Waals surface area contributed by atoms with E-state index in [0.717, 1.165) is 0 Å². The number of nitrogens with one attached hydrogen (secondary N) is 1. The summed E-state index contributed by atoms with van der Waals surface area (Å²) in [6, 6.07) is 0. The summed E-state index contributed by atoms with van der Waals surface area (Å²) in [7, 11) is 0. The van der Waals surface area contributed by atoms with Crippen molar-refractivity contribution in [2.24, 2.45) is 16.8 Å². The van der Waals surface area contributed by atoms with Crippen LogP contribution in [0.3, 0.4) is 0 Å². The molecule has 4 N–H and O–H groups in total. The number of hydrogen-bond acceptors (Lipinski definition) is 3. The first-order valence-corrected chi connectivity index (χ1v) is 6.55. The Kier molecular flexibility index (Phi) is 5.11. The molecule has 20 heavy (non-hydrogen) atoms. The van der Waals surface area contributed by atoms with Gasteiger partial charge in [0.05, 0.1) is 0 Å². The van der Waals surface area contributed by atoms with E-state index in [1.54, 1.807) is 0 Å². The van der Waals surface area contributed by atoms with E-state index in [-0.39, 0.29) is 30.1 Å². The van der Waals surface area contributed by atoms with Gasteiger partial charge in [-0.1, -0.05) is 0 Å². The highest BCUT2D eigenvalue weighted by atomic mass is 35.5. The van der Waals surface area contributed by atoms with Gasteiger partial charge in [-0.25, -0.2) is 0 Å². The van der Waals surface area contributed by atoms with Crippen molar-refractivity contribution in [2.75, 3.05) is 0 Å². The van der Waals surface area contributed by atoms with Crippen molar-refractivity contribution >= 4 is 46.2 Å². The molecule has 0 unspecified atom stereocenters. The molecule has 116 valence electrons. The van der Waals surface area contributed by atoms with Crippen LogP contribution in [0, 0.1) is 5.92 Å². The van der Waals surface area contributed by atoms with E-state index < -0.39 is 22.3 Å². The lowest BCUT2D eigenvalue weighted by Crippen LogP contribution is -2.61. The maximum absolute atomic E-state index is 13.3. The molecule has 1 fully saturated rings. The van der Waals surface area contributed by atoms with E-state index in [9.17, 15) is 22.7 Å². The van der Waals surface area contributed by atoms with Gasteiger partial charge in [-0.05, 0) is 54.7 Å². The maximum Gasteiger partial charge on any atom is 0.357 e. The minimum absolute atomic E-state index is 0.0997. The van der Waals surface area contributed by atoms with E-state index in [2.05, 4.69) is 45.9 Å². The van der Waals surface area contributed by atoms with Gasteiger partial charge >= 0.3 is 10.8 Å². The summed E-state index contributed by atoms with van der Waals surface area (Å²) < 4.78 is 53.3. The van der Waals surface area contributed by atoms with E-state index in [1.807, 2.05) is 0 Å². The van der Waals surface area contributed by atoms with E-state index in [4.69, 9.17) is 5.73 Å². The molecule has 0 aromatic rings. The number of nitrogens with zero attached hydrogens (tertiary/aromatic N) is 1. The zero-order valence-electron chi connectivity index (χ0n) is 9.85. The zero-order chi connectivity index (χ0) is 15.8. The molecular weight excluding hydrogens is 345 g/mol. The van der Waals surface area contributed by atoms with Gasteiger partial charge in [0.1, 0.15) is 0 Å². The number of halogens is 6. The molecule has 1 aliphatic rings. The van der Waals surface area contributed by atoms with Crippen LogP contribution in [0.15, 0.2) is 5.10 Å². The van der Waals surface area contributed by atoms with Gasteiger partial charge in [0.15, 0.2) is 5.11 Å². The third-order valence-corrected chi connectivity index (χ3v) is 3.67. The highest BCUT2D eigenvalue weighted by Gasteiger charge is 2.71. The topological polar surface area (TPSA) is 70.6 Å².